The first kappa shape index (κ1) is 16.9. The van der Waals surface area contributed by atoms with Gasteiger partial charge in [-0.1, -0.05) is 41.4 Å². The number of nitrogens with one attached hydrogen (secondary N) is 2. The molecule has 0 heterocycles. The Bertz CT molecular complexity index is 520. The summed E-state index contributed by atoms with van der Waals surface area (Å²) in [5.41, 5.74) is 0. The predicted octanol–water partition coefficient (Wildman–Crippen LogP) is 2.77. The summed E-state index contributed by atoms with van der Waals surface area (Å²) in [6.07, 6.45) is 0.728. The van der Waals surface area contributed by atoms with Crippen LogP contribution in [0.15, 0.2) is 27.6 Å². The van der Waals surface area contributed by atoms with E-state index >= 15 is 0 Å². The molecule has 0 spiro atoms. The maximum Gasteiger partial charge on any atom is 0.242 e. The summed E-state index contributed by atoms with van der Waals surface area (Å²) in [4.78, 5) is 0.106. The Morgan fingerprint density at radius 3 is 2.58 bits per heavy atom. The van der Waals surface area contributed by atoms with Crippen molar-refractivity contribution in [1.29, 1.82) is 0 Å². The third kappa shape index (κ3) is 5.79. The molecule has 1 rings (SSSR count). The van der Waals surface area contributed by atoms with E-state index in [0.717, 1.165) is 17.4 Å². The monoisotopic (exact) mass is 368 g/mol. The quantitative estimate of drug-likeness (QED) is 0.727. The largest absolute Gasteiger partial charge is 0.314 e. The van der Waals surface area contributed by atoms with Gasteiger partial charge >= 0.3 is 0 Å². The van der Waals surface area contributed by atoms with Crippen molar-refractivity contribution in [3.63, 3.8) is 0 Å². The number of hydrogen-bond donors (Lipinski definition) is 2. The highest BCUT2D eigenvalue weighted by Gasteiger charge is 2.17. The molecule has 1 aromatic rings. The van der Waals surface area contributed by atoms with Gasteiger partial charge in [-0.2, -0.15) is 0 Å². The van der Waals surface area contributed by atoms with Crippen molar-refractivity contribution < 1.29 is 8.42 Å². The second-order valence-electron chi connectivity index (χ2n) is 4.43. The SMILES string of the molecule is CC(C)NCCCNS(=O)(=O)c1ccc(Br)cc1Cl. The maximum atomic E-state index is 12.0. The minimum atomic E-state index is -3.54. The molecule has 7 heteroatoms. The first-order valence-corrected chi connectivity index (χ1v) is 8.66. The van der Waals surface area contributed by atoms with Crippen molar-refractivity contribution in [3.8, 4) is 0 Å². The molecule has 0 aliphatic rings. The molecule has 0 aliphatic heterocycles. The Morgan fingerprint density at radius 2 is 2.00 bits per heavy atom. The number of rotatable bonds is 7. The third-order valence-electron chi connectivity index (χ3n) is 2.38. The second kappa shape index (κ2) is 7.59. The van der Waals surface area contributed by atoms with Gasteiger partial charge in [-0.3, -0.25) is 0 Å². The van der Waals surface area contributed by atoms with Crippen LogP contribution in [0.4, 0.5) is 0 Å². The van der Waals surface area contributed by atoms with Crippen LogP contribution in [0.1, 0.15) is 20.3 Å². The van der Waals surface area contributed by atoms with Crippen molar-refractivity contribution in [2.45, 2.75) is 31.2 Å². The fourth-order valence-electron chi connectivity index (χ4n) is 1.46. The van der Waals surface area contributed by atoms with Crippen LogP contribution in [-0.2, 0) is 10.0 Å². The smallest absolute Gasteiger partial charge is 0.242 e. The zero-order valence-corrected chi connectivity index (χ0v) is 14.1. The topological polar surface area (TPSA) is 58.2 Å². The Hall–Kier alpha value is -0.140. The summed E-state index contributed by atoms with van der Waals surface area (Å²) in [6, 6.07) is 5.11. The molecule has 4 nitrogen and oxygen atoms in total. The predicted molar refractivity (Wildman–Crippen MR) is 82.1 cm³/mol. The van der Waals surface area contributed by atoms with E-state index in [2.05, 4.69) is 26.0 Å². The van der Waals surface area contributed by atoms with E-state index in [-0.39, 0.29) is 9.92 Å². The Labute approximate surface area is 128 Å². The molecule has 0 atom stereocenters. The van der Waals surface area contributed by atoms with Gasteiger partial charge in [0.15, 0.2) is 0 Å². The second-order valence-corrected chi connectivity index (χ2v) is 7.49. The molecule has 0 aromatic heterocycles. The molecule has 2 N–H and O–H groups in total. The van der Waals surface area contributed by atoms with Gasteiger partial charge in [0.2, 0.25) is 10.0 Å². The number of hydrogen-bond acceptors (Lipinski definition) is 3. The molecule has 1 aromatic carbocycles. The molecule has 0 saturated carbocycles. The average Bonchev–Trinajstić information content (AvgIpc) is 2.27. The van der Waals surface area contributed by atoms with Crippen molar-refractivity contribution in [3.05, 3.63) is 27.7 Å². The fraction of sp³-hybridized carbons (Fsp3) is 0.500. The van der Waals surface area contributed by atoms with Gasteiger partial charge < -0.3 is 5.32 Å². The molecule has 0 bridgehead atoms. The lowest BCUT2D eigenvalue weighted by Crippen LogP contribution is -2.29. The van der Waals surface area contributed by atoms with Gasteiger partial charge in [0.1, 0.15) is 4.90 Å². The van der Waals surface area contributed by atoms with Gasteiger partial charge in [-0.25, -0.2) is 13.1 Å². The van der Waals surface area contributed by atoms with Gasteiger partial charge in [-0.15, -0.1) is 0 Å². The first-order chi connectivity index (χ1) is 8.83. The Balaban J connectivity index is 2.56. The van der Waals surface area contributed by atoms with Crippen LogP contribution in [0.3, 0.4) is 0 Å². The van der Waals surface area contributed by atoms with E-state index in [1.165, 1.54) is 6.07 Å². The number of benzene rings is 1. The molecular weight excluding hydrogens is 352 g/mol. The first-order valence-electron chi connectivity index (χ1n) is 6.01. The van der Waals surface area contributed by atoms with Crippen molar-refractivity contribution in [2.24, 2.45) is 0 Å². The minimum Gasteiger partial charge on any atom is -0.314 e. The summed E-state index contributed by atoms with van der Waals surface area (Å²) in [6.45, 7) is 5.25. The van der Waals surface area contributed by atoms with E-state index < -0.39 is 10.0 Å². The maximum absolute atomic E-state index is 12.0. The normalized spacial score (nSPS) is 12.1. The molecule has 108 valence electrons. The van der Waals surface area contributed by atoms with Gasteiger partial charge in [0.25, 0.3) is 0 Å². The molecular formula is C12H18BrClN2O2S. The average molecular weight is 370 g/mol. The Morgan fingerprint density at radius 1 is 1.32 bits per heavy atom. The molecule has 0 aliphatic carbocycles. The van der Waals surface area contributed by atoms with E-state index in [1.807, 2.05) is 13.8 Å². The number of sulfonamides is 1. The molecule has 0 fully saturated rings. The summed E-state index contributed by atoms with van der Waals surface area (Å²) < 4.78 is 27.3. The zero-order valence-electron chi connectivity index (χ0n) is 10.9. The summed E-state index contributed by atoms with van der Waals surface area (Å²) in [7, 11) is -3.54. The molecule has 0 unspecified atom stereocenters. The van der Waals surface area contributed by atoms with E-state index in [9.17, 15) is 8.42 Å². The van der Waals surface area contributed by atoms with E-state index in [0.29, 0.717) is 12.6 Å². The minimum absolute atomic E-state index is 0.106. The van der Waals surface area contributed by atoms with Crippen LogP contribution in [0, 0.1) is 0 Å². The van der Waals surface area contributed by atoms with Crippen LogP contribution in [0.2, 0.25) is 5.02 Å². The standard InChI is InChI=1S/C12H18BrClN2O2S/c1-9(2)15-6-3-7-16-19(17,18)12-5-4-10(13)8-11(12)14/h4-5,8-9,15-16H,3,6-7H2,1-2H3. The molecule has 19 heavy (non-hydrogen) atoms. The van der Waals surface area contributed by atoms with E-state index in [4.69, 9.17) is 11.6 Å². The van der Waals surface area contributed by atoms with Crippen LogP contribution in [0.5, 0.6) is 0 Å². The highest BCUT2D eigenvalue weighted by Crippen LogP contribution is 2.24. The summed E-state index contributed by atoms with van der Waals surface area (Å²) in [5, 5.41) is 3.43. The van der Waals surface area contributed by atoms with Crippen LogP contribution < -0.4 is 10.0 Å². The fourth-order valence-corrected chi connectivity index (χ4v) is 3.57. The highest BCUT2D eigenvalue weighted by molar-refractivity contribution is 9.10. The van der Waals surface area contributed by atoms with Crippen molar-refractivity contribution in [2.75, 3.05) is 13.1 Å². The summed E-state index contributed by atoms with van der Waals surface area (Å²) in [5.74, 6) is 0. The lowest BCUT2D eigenvalue weighted by Gasteiger charge is -2.10. The third-order valence-corrected chi connectivity index (χ3v) is 4.82. The lowest BCUT2D eigenvalue weighted by atomic mass is 10.3. The van der Waals surface area contributed by atoms with Crippen molar-refractivity contribution >= 4 is 37.6 Å². The van der Waals surface area contributed by atoms with E-state index in [1.54, 1.807) is 12.1 Å². The van der Waals surface area contributed by atoms with Crippen LogP contribution in [0.25, 0.3) is 0 Å². The van der Waals surface area contributed by atoms with Gasteiger partial charge in [-0.05, 0) is 31.2 Å². The lowest BCUT2D eigenvalue weighted by molar-refractivity contribution is 0.554. The Kier molecular flexibility index (Phi) is 6.76. The van der Waals surface area contributed by atoms with Crippen molar-refractivity contribution in [1.82, 2.24) is 10.0 Å². The molecule has 0 radical (unpaired) electrons. The summed E-state index contributed by atoms with van der Waals surface area (Å²) >= 11 is 9.18. The molecule has 0 saturated heterocycles. The van der Waals surface area contributed by atoms with Crippen LogP contribution in [-0.4, -0.2) is 27.5 Å². The van der Waals surface area contributed by atoms with Crippen LogP contribution >= 0.6 is 27.5 Å². The number of halogens is 2. The zero-order chi connectivity index (χ0) is 14.5. The highest BCUT2D eigenvalue weighted by atomic mass is 79.9. The molecule has 0 amide bonds. The van der Waals surface area contributed by atoms with Gasteiger partial charge in [0.05, 0.1) is 5.02 Å². The van der Waals surface area contributed by atoms with Gasteiger partial charge in [0, 0.05) is 17.1 Å².